The fourth-order valence-electron chi connectivity index (χ4n) is 1.41. The fourth-order valence-corrected chi connectivity index (χ4v) is 2.09. The van der Waals surface area contributed by atoms with Crippen LogP contribution in [0.4, 0.5) is 5.13 Å². The van der Waals surface area contributed by atoms with Crippen molar-refractivity contribution in [3.63, 3.8) is 0 Å². The van der Waals surface area contributed by atoms with Gasteiger partial charge in [0.2, 0.25) is 0 Å². The van der Waals surface area contributed by atoms with E-state index in [1.165, 1.54) is 30.6 Å². The predicted octanol–water partition coefficient (Wildman–Crippen LogP) is 2.42. The number of thiazole rings is 1. The average Bonchev–Trinajstić information content (AvgIpc) is 2.74. The summed E-state index contributed by atoms with van der Waals surface area (Å²) in [7, 11) is 1.49. The summed E-state index contributed by atoms with van der Waals surface area (Å²) in [5.74, 6) is -0.0289. The van der Waals surface area contributed by atoms with Crippen LogP contribution in [0.1, 0.15) is 16.1 Å². The van der Waals surface area contributed by atoms with Crippen molar-refractivity contribution in [1.29, 1.82) is 0 Å². The molecule has 94 valence electrons. The molecule has 1 amide bonds. The van der Waals surface area contributed by atoms with Crippen molar-refractivity contribution in [3.05, 3.63) is 34.8 Å². The molecule has 1 heterocycles. The van der Waals surface area contributed by atoms with Gasteiger partial charge in [-0.25, -0.2) is 4.98 Å². The number of amides is 1. The third-order valence-corrected chi connectivity index (χ3v) is 3.16. The van der Waals surface area contributed by atoms with Gasteiger partial charge in [-0.1, -0.05) is 0 Å². The molecule has 0 saturated carbocycles. The first kappa shape index (κ1) is 12.4. The lowest BCUT2D eigenvalue weighted by Crippen LogP contribution is -2.11. The van der Waals surface area contributed by atoms with Crippen LogP contribution in [0.3, 0.4) is 0 Å². The van der Waals surface area contributed by atoms with E-state index in [-0.39, 0.29) is 11.3 Å². The van der Waals surface area contributed by atoms with Gasteiger partial charge in [0, 0.05) is 11.4 Å². The molecule has 1 aromatic carbocycles. The molecule has 18 heavy (non-hydrogen) atoms. The molecule has 1 aromatic heterocycles. The lowest BCUT2D eigenvalue weighted by Gasteiger charge is -2.06. The SMILES string of the molecule is COc1ccc(C(=O)Nc2nc(C)cs2)c(O)c1. The fraction of sp³-hybridized carbons (Fsp3) is 0.167. The minimum absolute atomic E-state index is 0.125. The maximum Gasteiger partial charge on any atom is 0.261 e. The van der Waals surface area contributed by atoms with E-state index >= 15 is 0 Å². The first-order valence-corrected chi connectivity index (χ1v) is 6.08. The smallest absolute Gasteiger partial charge is 0.261 e. The van der Waals surface area contributed by atoms with Gasteiger partial charge in [-0.15, -0.1) is 11.3 Å². The van der Waals surface area contributed by atoms with Gasteiger partial charge in [0.25, 0.3) is 5.91 Å². The molecule has 0 atom stereocenters. The Labute approximate surface area is 108 Å². The number of hydrogen-bond acceptors (Lipinski definition) is 5. The molecule has 0 aliphatic rings. The van der Waals surface area contributed by atoms with Crippen LogP contribution in [0, 0.1) is 6.92 Å². The van der Waals surface area contributed by atoms with Crippen LogP contribution in [0.15, 0.2) is 23.6 Å². The van der Waals surface area contributed by atoms with E-state index in [4.69, 9.17) is 4.74 Å². The molecule has 0 fully saturated rings. The second-order valence-electron chi connectivity index (χ2n) is 3.63. The minimum atomic E-state index is -0.399. The van der Waals surface area contributed by atoms with Crippen LogP contribution < -0.4 is 10.1 Å². The summed E-state index contributed by atoms with van der Waals surface area (Å²) < 4.78 is 4.95. The highest BCUT2D eigenvalue weighted by molar-refractivity contribution is 7.13. The second-order valence-corrected chi connectivity index (χ2v) is 4.49. The third-order valence-electron chi connectivity index (χ3n) is 2.29. The monoisotopic (exact) mass is 264 g/mol. The van der Waals surface area contributed by atoms with E-state index in [9.17, 15) is 9.90 Å². The quantitative estimate of drug-likeness (QED) is 0.893. The molecule has 0 unspecified atom stereocenters. The zero-order chi connectivity index (χ0) is 13.1. The number of aromatic hydroxyl groups is 1. The number of nitrogens with one attached hydrogen (secondary N) is 1. The molecular weight excluding hydrogens is 252 g/mol. The van der Waals surface area contributed by atoms with Gasteiger partial charge in [0.1, 0.15) is 11.5 Å². The van der Waals surface area contributed by atoms with Gasteiger partial charge in [-0.05, 0) is 19.1 Å². The Hall–Kier alpha value is -2.08. The van der Waals surface area contributed by atoms with Crippen LogP contribution in [-0.4, -0.2) is 23.1 Å². The normalized spacial score (nSPS) is 10.1. The van der Waals surface area contributed by atoms with Crippen molar-refractivity contribution in [1.82, 2.24) is 4.98 Å². The average molecular weight is 264 g/mol. The molecule has 5 nitrogen and oxygen atoms in total. The van der Waals surface area contributed by atoms with Crippen LogP contribution in [0.2, 0.25) is 0 Å². The van der Waals surface area contributed by atoms with Gasteiger partial charge >= 0.3 is 0 Å². The lowest BCUT2D eigenvalue weighted by molar-refractivity contribution is 0.102. The van der Waals surface area contributed by atoms with Gasteiger partial charge in [-0.2, -0.15) is 0 Å². The van der Waals surface area contributed by atoms with E-state index in [1.54, 1.807) is 6.07 Å². The molecule has 0 saturated heterocycles. The topological polar surface area (TPSA) is 71.5 Å². The maximum absolute atomic E-state index is 11.9. The maximum atomic E-state index is 11.9. The molecular formula is C12H12N2O3S. The summed E-state index contributed by atoms with van der Waals surface area (Å²) >= 11 is 1.34. The number of aromatic nitrogens is 1. The highest BCUT2D eigenvalue weighted by Crippen LogP contribution is 2.24. The standard InChI is InChI=1S/C12H12N2O3S/c1-7-6-18-12(13-7)14-11(16)9-4-3-8(17-2)5-10(9)15/h3-6,15H,1-2H3,(H,13,14,16). The molecule has 0 aliphatic carbocycles. The molecule has 0 aliphatic heterocycles. The number of phenols is 1. The summed E-state index contributed by atoms with van der Waals surface area (Å²) in [5.41, 5.74) is 1.03. The van der Waals surface area contributed by atoms with E-state index in [1.807, 2.05) is 12.3 Å². The Balaban J connectivity index is 2.18. The molecule has 0 radical (unpaired) electrons. The van der Waals surface area contributed by atoms with Crippen LogP contribution in [0.5, 0.6) is 11.5 Å². The summed E-state index contributed by atoms with van der Waals surface area (Å²) in [5, 5.41) is 14.7. The van der Waals surface area contributed by atoms with Gasteiger partial charge in [0.05, 0.1) is 18.4 Å². The van der Waals surface area contributed by atoms with Crippen molar-refractivity contribution >= 4 is 22.4 Å². The van der Waals surface area contributed by atoms with Crippen molar-refractivity contribution in [2.45, 2.75) is 6.92 Å². The highest BCUT2D eigenvalue weighted by atomic mass is 32.1. The van der Waals surface area contributed by atoms with E-state index in [2.05, 4.69) is 10.3 Å². The second kappa shape index (κ2) is 5.05. The largest absolute Gasteiger partial charge is 0.507 e. The van der Waals surface area contributed by atoms with Crippen molar-refractivity contribution < 1.29 is 14.6 Å². The number of benzene rings is 1. The molecule has 6 heteroatoms. The number of methoxy groups -OCH3 is 1. The van der Waals surface area contributed by atoms with Crippen molar-refractivity contribution in [2.75, 3.05) is 12.4 Å². The van der Waals surface area contributed by atoms with Gasteiger partial charge in [0.15, 0.2) is 5.13 Å². The van der Waals surface area contributed by atoms with Gasteiger partial charge in [-0.3, -0.25) is 10.1 Å². The van der Waals surface area contributed by atoms with Gasteiger partial charge < -0.3 is 9.84 Å². The number of rotatable bonds is 3. The molecule has 2 aromatic rings. The van der Waals surface area contributed by atoms with Crippen LogP contribution in [0.25, 0.3) is 0 Å². The Morgan fingerprint density at radius 1 is 1.50 bits per heavy atom. The number of carbonyl (C=O) groups excluding carboxylic acids is 1. The minimum Gasteiger partial charge on any atom is -0.507 e. The first-order chi connectivity index (χ1) is 8.60. The molecule has 2 N–H and O–H groups in total. The zero-order valence-corrected chi connectivity index (χ0v) is 10.7. The van der Waals surface area contributed by atoms with Crippen LogP contribution >= 0.6 is 11.3 Å². The zero-order valence-electron chi connectivity index (χ0n) is 9.93. The lowest BCUT2D eigenvalue weighted by atomic mass is 10.2. The summed E-state index contributed by atoms with van der Waals surface area (Å²) in [6.45, 7) is 1.84. The van der Waals surface area contributed by atoms with E-state index < -0.39 is 5.91 Å². The number of carbonyl (C=O) groups is 1. The Bertz CT molecular complexity index is 580. The van der Waals surface area contributed by atoms with Crippen molar-refractivity contribution in [2.24, 2.45) is 0 Å². The number of phenolic OH excluding ortho intramolecular Hbond substituents is 1. The summed E-state index contributed by atoms with van der Waals surface area (Å²) in [6, 6.07) is 4.51. The Morgan fingerprint density at radius 2 is 2.28 bits per heavy atom. The van der Waals surface area contributed by atoms with Crippen molar-refractivity contribution in [3.8, 4) is 11.5 Å². The van der Waals surface area contributed by atoms with E-state index in [0.717, 1.165) is 5.69 Å². The molecule has 2 rings (SSSR count). The number of nitrogens with zero attached hydrogens (tertiary/aromatic N) is 1. The number of ether oxygens (including phenoxy) is 1. The highest BCUT2D eigenvalue weighted by Gasteiger charge is 2.13. The number of hydrogen-bond donors (Lipinski definition) is 2. The van der Waals surface area contributed by atoms with Crippen LogP contribution in [-0.2, 0) is 0 Å². The predicted molar refractivity (Wildman–Crippen MR) is 69.5 cm³/mol. The Morgan fingerprint density at radius 3 is 2.83 bits per heavy atom. The molecule has 0 spiro atoms. The number of aryl methyl sites for hydroxylation is 1. The first-order valence-electron chi connectivity index (χ1n) is 5.20. The van der Waals surface area contributed by atoms with E-state index in [0.29, 0.717) is 10.9 Å². The number of anilines is 1. The summed E-state index contributed by atoms with van der Waals surface area (Å²) in [6.07, 6.45) is 0. The Kier molecular flexibility index (Phi) is 3.47. The molecule has 0 bridgehead atoms. The third kappa shape index (κ3) is 2.60. The summed E-state index contributed by atoms with van der Waals surface area (Å²) in [4.78, 5) is 16.0.